The first kappa shape index (κ1) is 41.0. The van der Waals surface area contributed by atoms with Crippen LogP contribution in [0.5, 0.6) is 0 Å². The Morgan fingerprint density at radius 3 is 1.72 bits per heavy atom. The maximum absolute atomic E-state index is 12.4. The van der Waals surface area contributed by atoms with Gasteiger partial charge in [0.25, 0.3) is 0 Å². The molecule has 284 valence electrons. The number of isocyanates is 1. The molecule has 2 saturated heterocycles. The lowest BCUT2D eigenvalue weighted by atomic mass is 9.89. The minimum Gasteiger partial charge on any atom is -0.462 e. The molecule has 0 aliphatic carbocycles. The molecule has 0 unspecified atom stereocenters. The Labute approximate surface area is 318 Å². The molecule has 6 rings (SSSR count). The highest BCUT2D eigenvalue weighted by Gasteiger charge is 2.24. The molecule has 54 heavy (non-hydrogen) atoms. The Kier molecular flexibility index (Phi) is 16.5. The lowest BCUT2D eigenvalue weighted by molar-refractivity contribution is 0.0516. The summed E-state index contributed by atoms with van der Waals surface area (Å²) in [4.78, 5) is 53.1. The molecule has 2 aliphatic heterocycles. The molecule has 11 heteroatoms. The molecule has 4 aromatic rings. The van der Waals surface area contributed by atoms with Gasteiger partial charge in [0.1, 0.15) is 0 Å². The number of amides is 2. The van der Waals surface area contributed by atoms with E-state index < -0.39 is 0 Å². The fraction of sp³-hybridized carbons (Fsp3) is 0.349. The standard InChI is InChI=1S/C22H26N2O3.C13H18N2O2.C8H7NO/c1-3-27-21(25)19-8-6-17(7-9-19)18-12-14-24(15-13-18)22(26)23-20-10-4-16(2)5-11-20;1-2-17-13(16)11-3-5-12(6-4-11)15-9-7-14-8-10-15;1-7-2-4-8(5-3-7)9-6-10/h4-11,18H,3,12-15H2,1-2H3,(H,23,26);3-6,14H,2,7-10H2,1H3;2-5H,1H3. The SMILES string of the molecule is CCOC(=O)c1ccc(C2CCN(C(=O)Nc3ccc(C)cc3)CC2)cc1.CCOC(=O)c1ccc(N2CCNCC2)cc1.Cc1ccc(N=C=O)cc1. The van der Waals surface area contributed by atoms with E-state index in [9.17, 15) is 19.2 Å². The van der Waals surface area contributed by atoms with Crippen LogP contribution in [0.15, 0.2) is 102 Å². The zero-order valence-electron chi connectivity index (χ0n) is 31.7. The van der Waals surface area contributed by atoms with Crippen molar-refractivity contribution in [2.75, 3.05) is 62.7 Å². The normalized spacial score (nSPS) is 13.9. The molecule has 2 amide bonds. The molecule has 2 heterocycles. The van der Waals surface area contributed by atoms with E-state index in [1.54, 1.807) is 19.1 Å². The number of piperazine rings is 1. The number of esters is 2. The maximum Gasteiger partial charge on any atom is 0.338 e. The van der Waals surface area contributed by atoms with Gasteiger partial charge in [0.2, 0.25) is 6.08 Å². The number of ether oxygens (including phenoxy) is 2. The number of nitrogens with zero attached hydrogens (tertiary/aromatic N) is 3. The topological polar surface area (TPSA) is 130 Å². The van der Waals surface area contributed by atoms with E-state index >= 15 is 0 Å². The van der Waals surface area contributed by atoms with Crippen molar-refractivity contribution in [3.63, 3.8) is 0 Å². The molecule has 0 saturated carbocycles. The van der Waals surface area contributed by atoms with Crippen molar-refractivity contribution in [2.45, 2.75) is 46.5 Å². The van der Waals surface area contributed by atoms with Crippen LogP contribution in [-0.4, -0.2) is 81.4 Å². The smallest absolute Gasteiger partial charge is 0.338 e. The van der Waals surface area contributed by atoms with Crippen LogP contribution in [0.4, 0.5) is 21.9 Å². The summed E-state index contributed by atoms with van der Waals surface area (Å²) in [5.41, 5.74) is 7.37. The highest BCUT2D eigenvalue weighted by Crippen LogP contribution is 2.29. The fourth-order valence-electron chi connectivity index (χ4n) is 5.98. The van der Waals surface area contributed by atoms with Gasteiger partial charge in [0.05, 0.1) is 30.0 Å². The quantitative estimate of drug-likeness (QED) is 0.107. The highest BCUT2D eigenvalue weighted by molar-refractivity contribution is 5.90. The van der Waals surface area contributed by atoms with E-state index in [1.165, 1.54) is 22.9 Å². The zero-order valence-corrected chi connectivity index (χ0v) is 31.7. The number of piperidine rings is 1. The molecule has 0 aromatic heterocycles. The lowest BCUT2D eigenvalue weighted by Crippen LogP contribution is -2.43. The Morgan fingerprint density at radius 2 is 1.22 bits per heavy atom. The molecular weight excluding hydrogens is 683 g/mol. The molecule has 11 nitrogen and oxygen atoms in total. The van der Waals surface area contributed by atoms with Gasteiger partial charge in [-0.3, -0.25) is 0 Å². The summed E-state index contributed by atoms with van der Waals surface area (Å²) in [5.74, 6) is -0.129. The molecule has 0 spiro atoms. The monoisotopic (exact) mass is 733 g/mol. The third-order valence-corrected chi connectivity index (χ3v) is 9.05. The van der Waals surface area contributed by atoms with Crippen LogP contribution < -0.4 is 15.5 Å². The molecule has 2 aliphatic rings. The maximum atomic E-state index is 12.4. The first-order chi connectivity index (χ1) is 26.2. The second-order valence-corrected chi connectivity index (χ2v) is 12.9. The zero-order chi connectivity index (χ0) is 38.7. The molecule has 4 aromatic carbocycles. The Balaban J connectivity index is 0.000000204. The van der Waals surface area contributed by atoms with E-state index in [0.717, 1.165) is 63.4 Å². The van der Waals surface area contributed by atoms with Gasteiger partial charge in [-0.15, -0.1) is 0 Å². The highest BCUT2D eigenvalue weighted by atomic mass is 16.5. The Morgan fingerprint density at radius 1 is 0.722 bits per heavy atom. The molecule has 0 bridgehead atoms. The fourth-order valence-corrected chi connectivity index (χ4v) is 5.98. The van der Waals surface area contributed by atoms with Crippen molar-refractivity contribution < 1.29 is 28.7 Å². The molecule has 2 fully saturated rings. The molecule has 0 radical (unpaired) electrons. The van der Waals surface area contributed by atoms with Crippen molar-refractivity contribution in [1.29, 1.82) is 0 Å². The number of anilines is 2. The van der Waals surface area contributed by atoms with Crippen molar-refractivity contribution in [3.8, 4) is 0 Å². The van der Waals surface area contributed by atoms with Crippen LogP contribution in [-0.2, 0) is 14.3 Å². The summed E-state index contributed by atoms with van der Waals surface area (Å²) in [6.45, 7) is 13.9. The van der Waals surface area contributed by atoms with E-state index in [2.05, 4.69) is 20.5 Å². The third-order valence-electron chi connectivity index (χ3n) is 9.05. The predicted octanol–water partition coefficient (Wildman–Crippen LogP) is 7.82. The van der Waals surface area contributed by atoms with E-state index in [0.29, 0.717) is 35.9 Å². The van der Waals surface area contributed by atoms with Gasteiger partial charge < -0.3 is 29.9 Å². The Hall–Kier alpha value is -5.77. The predicted molar refractivity (Wildman–Crippen MR) is 213 cm³/mol. The van der Waals surface area contributed by atoms with E-state index in [4.69, 9.17) is 9.47 Å². The van der Waals surface area contributed by atoms with Gasteiger partial charge in [-0.25, -0.2) is 19.2 Å². The van der Waals surface area contributed by atoms with Gasteiger partial charge in [0, 0.05) is 50.6 Å². The summed E-state index contributed by atoms with van der Waals surface area (Å²) in [7, 11) is 0. The summed E-state index contributed by atoms with van der Waals surface area (Å²) in [6, 6.07) is 30.4. The van der Waals surface area contributed by atoms with E-state index in [1.807, 2.05) is 111 Å². The van der Waals surface area contributed by atoms with Crippen molar-refractivity contribution in [1.82, 2.24) is 10.2 Å². The van der Waals surface area contributed by atoms with Crippen LogP contribution in [0.1, 0.15) is 70.0 Å². The summed E-state index contributed by atoms with van der Waals surface area (Å²) >= 11 is 0. The number of hydrogen-bond donors (Lipinski definition) is 2. The molecular formula is C43H51N5O6. The van der Waals surface area contributed by atoms with Crippen LogP contribution in [0.25, 0.3) is 0 Å². The van der Waals surface area contributed by atoms with Crippen molar-refractivity contribution in [2.24, 2.45) is 4.99 Å². The largest absolute Gasteiger partial charge is 0.462 e. The second-order valence-electron chi connectivity index (χ2n) is 12.9. The lowest BCUT2D eigenvalue weighted by Gasteiger charge is -2.32. The summed E-state index contributed by atoms with van der Waals surface area (Å²) in [6.07, 6.45) is 3.31. The minimum atomic E-state index is -0.286. The third kappa shape index (κ3) is 13.0. The first-order valence-electron chi connectivity index (χ1n) is 18.5. The number of urea groups is 1. The number of carbonyl (C=O) groups excluding carboxylic acids is 4. The summed E-state index contributed by atoms with van der Waals surface area (Å²) in [5, 5.41) is 6.28. The van der Waals surface area contributed by atoms with Gasteiger partial charge in [-0.05, 0) is 113 Å². The van der Waals surface area contributed by atoms with Crippen molar-refractivity contribution >= 4 is 41.1 Å². The number of aryl methyl sites for hydroxylation is 2. The first-order valence-corrected chi connectivity index (χ1v) is 18.5. The van der Waals surface area contributed by atoms with Gasteiger partial charge in [0.15, 0.2) is 0 Å². The second kappa shape index (κ2) is 21.7. The number of carbonyl (C=O) groups is 3. The number of likely N-dealkylation sites (tertiary alicyclic amines) is 1. The number of benzene rings is 4. The number of aliphatic imine (C=N–C) groups is 1. The van der Waals surface area contributed by atoms with E-state index in [-0.39, 0.29) is 18.0 Å². The number of rotatable bonds is 8. The van der Waals surface area contributed by atoms with Crippen LogP contribution in [0, 0.1) is 13.8 Å². The van der Waals surface area contributed by atoms with Crippen LogP contribution in [0.2, 0.25) is 0 Å². The average Bonchev–Trinajstić information content (AvgIpc) is 3.21. The molecule has 2 N–H and O–H groups in total. The average molecular weight is 734 g/mol. The van der Waals surface area contributed by atoms with Crippen LogP contribution in [0.3, 0.4) is 0 Å². The van der Waals surface area contributed by atoms with Crippen molar-refractivity contribution in [3.05, 3.63) is 125 Å². The van der Waals surface area contributed by atoms with Crippen LogP contribution >= 0.6 is 0 Å². The summed E-state index contributed by atoms with van der Waals surface area (Å²) < 4.78 is 9.97. The number of nitrogens with one attached hydrogen (secondary N) is 2. The number of hydrogen-bond acceptors (Lipinski definition) is 9. The Bertz CT molecular complexity index is 1810. The molecule has 0 atom stereocenters. The minimum absolute atomic E-state index is 0.0463. The van der Waals surface area contributed by atoms with Gasteiger partial charge in [-0.1, -0.05) is 47.5 Å². The van der Waals surface area contributed by atoms with Gasteiger partial charge in [-0.2, -0.15) is 4.99 Å². The van der Waals surface area contributed by atoms with Gasteiger partial charge >= 0.3 is 18.0 Å².